The minimum absolute atomic E-state index is 0.180. The quantitative estimate of drug-likeness (QED) is 0.163. The first-order valence-electron chi connectivity index (χ1n) is 18.6. The zero-order valence-corrected chi connectivity index (χ0v) is 30.3. The van der Waals surface area contributed by atoms with E-state index in [2.05, 4.69) is 27.9 Å². The molecule has 2 aliphatic heterocycles. The second kappa shape index (κ2) is 13.2. The zero-order valence-electron chi connectivity index (χ0n) is 29.5. The van der Waals surface area contributed by atoms with Gasteiger partial charge in [-0.2, -0.15) is 9.46 Å². The van der Waals surface area contributed by atoms with Crippen molar-refractivity contribution in [2.24, 2.45) is 4.36 Å². The molecule has 2 amide bonds. The van der Waals surface area contributed by atoms with Gasteiger partial charge in [0.15, 0.2) is 9.92 Å². The number of amides is 2. The van der Waals surface area contributed by atoms with Crippen LogP contribution < -0.4 is 14.8 Å². The molecule has 5 aromatic rings. The normalized spacial score (nSPS) is 20.4. The lowest BCUT2D eigenvalue weighted by Gasteiger charge is -2.40. The van der Waals surface area contributed by atoms with Crippen molar-refractivity contribution >= 4 is 21.6 Å². The van der Waals surface area contributed by atoms with E-state index in [0.29, 0.717) is 24.9 Å². The number of rotatable bonds is 8. The molecule has 266 valence electrons. The van der Waals surface area contributed by atoms with Gasteiger partial charge in [-0.15, -0.1) is 0 Å². The molecule has 3 heterocycles. The number of benzene rings is 4. The number of aryl methyl sites for hydroxylation is 2. The summed E-state index contributed by atoms with van der Waals surface area (Å²) in [4.78, 5) is 17.2. The molecule has 52 heavy (non-hydrogen) atoms. The van der Waals surface area contributed by atoms with Gasteiger partial charge in [0, 0.05) is 5.69 Å². The monoisotopic (exact) mass is 712 g/mol. The highest BCUT2D eigenvalue weighted by atomic mass is 32.2. The molecular weight excluding hydrogens is 669 g/mol. The number of likely N-dealkylation sites (tertiary alicyclic amines) is 1. The minimum atomic E-state index is -3.82. The summed E-state index contributed by atoms with van der Waals surface area (Å²) in [7, 11) is -3.82. The third-order valence-electron chi connectivity index (χ3n) is 11.4. The summed E-state index contributed by atoms with van der Waals surface area (Å²) < 4.78 is 32.8. The van der Waals surface area contributed by atoms with E-state index in [-0.39, 0.29) is 10.9 Å². The standard InChI is InChI=1S/C42H44N6O3S/c1-29-21-22-31-25-30-13-11-20-36(30)39(38(29)31)44-41(49)45-52(50,37-26-43-48-27-35(28-51-40(37)48)47-23-12-24-47)46-42(32-14-5-2-6-15-32,33-16-7-3-8-17-33)34-18-9-4-10-19-34/h2-10,14-19,25-26,29,35H,11-13,20-24,27-28H2,1H3,(H2,44,45,46,49,50)/t29-,35+,52?/m1/s1. The molecule has 0 spiro atoms. The number of hydrogen-bond donors (Lipinski definition) is 2. The second-order valence-corrected chi connectivity index (χ2v) is 16.5. The molecule has 9 rings (SSSR count). The van der Waals surface area contributed by atoms with Gasteiger partial charge in [-0.05, 0) is 96.5 Å². The van der Waals surface area contributed by atoms with E-state index < -0.39 is 21.5 Å². The average Bonchev–Trinajstić information content (AvgIpc) is 3.90. The van der Waals surface area contributed by atoms with Crippen LogP contribution in [0.2, 0.25) is 0 Å². The fourth-order valence-corrected chi connectivity index (χ4v) is 10.6. The van der Waals surface area contributed by atoms with Crippen LogP contribution in [0.25, 0.3) is 0 Å². The van der Waals surface area contributed by atoms with Crippen LogP contribution >= 0.6 is 0 Å². The zero-order chi connectivity index (χ0) is 35.3. The van der Waals surface area contributed by atoms with Crippen LogP contribution in [-0.4, -0.2) is 50.7 Å². The fourth-order valence-electron chi connectivity index (χ4n) is 8.71. The summed E-state index contributed by atoms with van der Waals surface area (Å²) in [5.41, 5.74) is 7.05. The van der Waals surface area contributed by atoms with Gasteiger partial charge >= 0.3 is 6.03 Å². The van der Waals surface area contributed by atoms with Crippen molar-refractivity contribution in [1.29, 1.82) is 0 Å². The van der Waals surface area contributed by atoms with Crippen molar-refractivity contribution in [3.8, 4) is 5.88 Å². The van der Waals surface area contributed by atoms with E-state index in [9.17, 15) is 4.79 Å². The van der Waals surface area contributed by atoms with Crippen LogP contribution in [0.15, 0.2) is 113 Å². The molecule has 9 nitrogen and oxygen atoms in total. The van der Waals surface area contributed by atoms with Gasteiger partial charge in [0.25, 0.3) is 0 Å². The van der Waals surface area contributed by atoms with Crippen LogP contribution in [-0.2, 0) is 41.3 Å². The van der Waals surface area contributed by atoms with Crippen molar-refractivity contribution in [3.63, 3.8) is 0 Å². The molecule has 1 saturated heterocycles. The van der Waals surface area contributed by atoms with Gasteiger partial charge in [0.1, 0.15) is 17.0 Å². The summed E-state index contributed by atoms with van der Waals surface area (Å²) in [6.07, 6.45) is 7.77. The number of carbonyl (C=O) groups is 1. The highest BCUT2D eigenvalue weighted by Crippen LogP contribution is 2.45. The summed E-state index contributed by atoms with van der Waals surface area (Å²) in [5.74, 6) is 0.701. The van der Waals surface area contributed by atoms with Gasteiger partial charge in [0.2, 0.25) is 5.88 Å². The van der Waals surface area contributed by atoms with Gasteiger partial charge in [-0.1, -0.05) is 104 Å². The number of carbonyl (C=O) groups excluding carboxylic acids is 1. The number of aromatic nitrogens is 2. The number of anilines is 1. The van der Waals surface area contributed by atoms with Crippen LogP contribution in [0.5, 0.6) is 5.88 Å². The van der Waals surface area contributed by atoms with E-state index in [1.165, 1.54) is 28.7 Å². The topological polar surface area (TPSA) is 101 Å². The predicted molar refractivity (Wildman–Crippen MR) is 203 cm³/mol. The predicted octanol–water partition coefficient (Wildman–Crippen LogP) is 7.44. The Hall–Kier alpha value is -4.93. The fraction of sp³-hybridized carbons (Fsp3) is 0.333. The smallest absolute Gasteiger partial charge is 0.331 e. The lowest BCUT2D eigenvalue weighted by atomic mass is 9.78. The van der Waals surface area contributed by atoms with Gasteiger partial charge < -0.3 is 10.1 Å². The number of nitrogens with zero attached hydrogens (tertiary/aromatic N) is 4. The maximum atomic E-state index is 16.2. The van der Waals surface area contributed by atoms with E-state index in [1.807, 2.05) is 91.0 Å². The number of nitrogens with one attached hydrogen (secondary N) is 2. The maximum Gasteiger partial charge on any atom is 0.331 e. The van der Waals surface area contributed by atoms with Crippen LogP contribution in [0, 0.1) is 0 Å². The van der Waals surface area contributed by atoms with Gasteiger partial charge in [-0.25, -0.2) is 18.4 Å². The Morgan fingerprint density at radius 3 is 2.15 bits per heavy atom. The van der Waals surface area contributed by atoms with Crippen molar-refractivity contribution < 1.29 is 13.7 Å². The first kappa shape index (κ1) is 32.9. The molecule has 0 saturated carbocycles. The van der Waals surface area contributed by atoms with Crippen LogP contribution in [0.4, 0.5) is 10.5 Å². The Morgan fingerprint density at radius 2 is 1.54 bits per heavy atom. The molecule has 1 fully saturated rings. The Bertz CT molecular complexity index is 2150. The average molecular weight is 713 g/mol. The van der Waals surface area contributed by atoms with Crippen LogP contribution in [0.1, 0.15) is 71.0 Å². The van der Waals surface area contributed by atoms with Crippen molar-refractivity contribution in [3.05, 3.63) is 142 Å². The number of urea groups is 1. The number of ether oxygens (including phenoxy) is 1. The van der Waals surface area contributed by atoms with E-state index in [1.54, 1.807) is 10.9 Å². The van der Waals surface area contributed by atoms with Gasteiger partial charge in [0.05, 0.1) is 18.8 Å². The first-order chi connectivity index (χ1) is 25.4. The maximum absolute atomic E-state index is 16.2. The molecule has 2 aliphatic carbocycles. The molecule has 10 heteroatoms. The number of hydrogen-bond acceptors (Lipinski definition) is 6. The lowest BCUT2D eigenvalue weighted by Crippen LogP contribution is -2.51. The Labute approximate surface area is 305 Å². The highest BCUT2D eigenvalue weighted by Gasteiger charge is 2.41. The SMILES string of the molecule is C[C@@H]1CCc2cc3c(c(NC(=O)NS(=O)(=NC(c4ccccc4)(c4ccccc4)c4ccccc4)c4cnn5c4OC[C@@H](N4CCC4)C5)c21)CCC3. The first-order valence-corrected chi connectivity index (χ1v) is 20.1. The minimum Gasteiger partial charge on any atom is -0.475 e. The molecule has 1 aromatic heterocycles. The molecule has 1 unspecified atom stereocenters. The van der Waals surface area contributed by atoms with Crippen molar-refractivity contribution in [1.82, 2.24) is 19.4 Å². The Morgan fingerprint density at radius 1 is 0.885 bits per heavy atom. The summed E-state index contributed by atoms with van der Waals surface area (Å²) in [6.45, 7) is 5.35. The van der Waals surface area contributed by atoms with Crippen molar-refractivity contribution in [2.45, 2.75) is 74.4 Å². The highest BCUT2D eigenvalue weighted by molar-refractivity contribution is 7.92. The van der Waals surface area contributed by atoms with Crippen molar-refractivity contribution in [2.75, 3.05) is 25.0 Å². The lowest BCUT2D eigenvalue weighted by molar-refractivity contribution is 0.0417. The third-order valence-corrected chi connectivity index (χ3v) is 13.3. The molecular formula is C42H44N6O3S. The molecule has 2 N–H and O–H groups in total. The Kier molecular flexibility index (Phi) is 8.39. The molecule has 3 atom stereocenters. The van der Waals surface area contributed by atoms with E-state index >= 15 is 4.21 Å². The summed E-state index contributed by atoms with van der Waals surface area (Å²) >= 11 is 0. The largest absolute Gasteiger partial charge is 0.475 e. The summed E-state index contributed by atoms with van der Waals surface area (Å²) in [5, 5.41) is 7.96. The van der Waals surface area contributed by atoms with E-state index in [4.69, 9.17) is 14.2 Å². The van der Waals surface area contributed by atoms with Crippen LogP contribution in [0.3, 0.4) is 0 Å². The summed E-state index contributed by atoms with van der Waals surface area (Å²) in [6, 6.07) is 31.6. The van der Waals surface area contributed by atoms with E-state index in [0.717, 1.165) is 67.6 Å². The Balaban J connectivity index is 1.23. The molecule has 4 aliphatic rings. The number of fused-ring (bicyclic) bond motifs is 3. The molecule has 4 aromatic carbocycles. The third kappa shape index (κ3) is 5.60. The molecule has 0 bridgehead atoms. The molecule has 0 radical (unpaired) electrons. The second-order valence-electron chi connectivity index (χ2n) is 14.6. The van der Waals surface area contributed by atoms with Gasteiger partial charge in [-0.3, -0.25) is 4.90 Å².